The zero-order valence-electron chi connectivity index (χ0n) is 4.81. The van der Waals surface area contributed by atoms with Gasteiger partial charge in [0.25, 0.3) is 0 Å². The molecule has 0 unspecified atom stereocenters. The van der Waals surface area contributed by atoms with Crippen LogP contribution in [0.4, 0.5) is 18.0 Å². The highest BCUT2D eigenvalue weighted by atomic mass is 19.4. The summed E-state index contributed by atoms with van der Waals surface area (Å²) in [5.74, 6) is 0. The number of nitrogens with two attached hydrogens (primary N) is 1. The molecule has 59 valence electrons. The molecule has 0 aliphatic rings. The SMILES string of the molecule is NC(=O)O[CH]CC(F)(F)F. The number of alkyl halides is 3. The van der Waals surface area contributed by atoms with Crippen LogP contribution in [-0.2, 0) is 4.74 Å². The fourth-order valence-electron chi connectivity index (χ4n) is 0.218. The highest BCUT2D eigenvalue weighted by molar-refractivity contribution is 5.64. The summed E-state index contributed by atoms with van der Waals surface area (Å²) in [5.41, 5.74) is 4.36. The summed E-state index contributed by atoms with van der Waals surface area (Å²) in [6.45, 7) is 0.308. The quantitative estimate of drug-likeness (QED) is 0.652. The monoisotopic (exact) mass is 156 g/mol. The lowest BCUT2D eigenvalue weighted by Crippen LogP contribution is -2.15. The van der Waals surface area contributed by atoms with Gasteiger partial charge in [-0.05, 0) is 0 Å². The summed E-state index contributed by atoms with van der Waals surface area (Å²) in [7, 11) is 0. The predicted molar refractivity (Wildman–Crippen MR) is 25.6 cm³/mol. The molecule has 0 heterocycles. The molecular weight excluding hydrogens is 151 g/mol. The molecule has 0 aromatic carbocycles. The molecule has 1 amide bonds. The van der Waals surface area contributed by atoms with Gasteiger partial charge in [0.15, 0.2) is 0 Å². The summed E-state index contributed by atoms with van der Waals surface area (Å²) >= 11 is 0. The van der Waals surface area contributed by atoms with E-state index in [1.807, 2.05) is 0 Å². The summed E-state index contributed by atoms with van der Waals surface area (Å²) < 4.78 is 37.4. The maximum atomic E-state index is 11.2. The van der Waals surface area contributed by atoms with Crippen molar-refractivity contribution in [3.8, 4) is 0 Å². The van der Waals surface area contributed by atoms with E-state index in [4.69, 9.17) is 0 Å². The third-order valence-electron chi connectivity index (χ3n) is 0.514. The van der Waals surface area contributed by atoms with Crippen molar-refractivity contribution in [1.82, 2.24) is 0 Å². The summed E-state index contributed by atoms with van der Waals surface area (Å²) in [5, 5.41) is 0. The van der Waals surface area contributed by atoms with Crippen molar-refractivity contribution in [2.24, 2.45) is 5.73 Å². The number of ether oxygens (including phenoxy) is 1. The minimum atomic E-state index is -4.35. The minimum Gasteiger partial charge on any atom is -0.442 e. The number of primary amides is 1. The van der Waals surface area contributed by atoms with Gasteiger partial charge in [-0.3, -0.25) is 0 Å². The maximum Gasteiger partial charge on any atom is 0.404 e. The number of amides is 1. The first-order valence-corrected chi connectivity index (χ1v) is 2.26. The molecule has 0 saturated carbocycles. The maximum absolute atomic E-state index is 11.2. The molecular formula is C4H5F3NO2. The topological polar surface area (TPSA) is 52.3 Å². The Balaban J connectivity index is 3.29. The third kappa shape index (κ3) is 7.06. The van der Waals surface area contributed by atoms with E-state index in [1.54, 1.807) is 0 Å². The van der Waals surface area contributed by atoms with Crippen LogP contribution in [0.25, 0.3) is 0 Å². The van der Waals surface area contributed by atoms with Gasteiger partial charge in [-0.15, -0.1) is 0 Å². The Kier molecular flexibility index (Phi) is 2.98. The molecule has 2 N–H and O–H groups in total. The number of carbonyl (C=O) groups excluding carboxylic acids is 1. The lowest BCUT2D eigenvalue weighted by Gasteiger charge is -2.03. The molecule has 3 nitrogen and oxygen atoms in total. The Labute approximate surface area is 54.9 Å². The molecule has 0 spiro atoms. The third-order valence-corrected chi connectivity index (χ3v) is 0.514. The van der Waals surface area contributed by atoms with Gasteiger partial charge in [0, 0.05) is 0 Å². The van der Waals surface area contributed by atoms with E-state index in [0.29, 0.717) is 6.61 Å². The van der Waals surface area contributed by atoms with Crippen molar-refractivity contribution >= 4 is 6.09 Å². The van der Waals surface area contributed by atoms with Crippen LogP contribution in [0.2, 0.25) is 0 Å². The average Bonchev–Trinajstić information content (AvgIpc) is 1.59. The molecule has 1 radical (unpaired) electrons. The zero-order chi connectivity index (χ0) is 8.20. The van der Waals surface area contributed by atoms with E-state index in [9.17, 15) is 18.0 Å². The lowest BCUT2D eigenvalue weighted by molar-refractivity contribution is -0.133. The number of halogens is 3. The Morgan fingerprint density at radius 1 is 1.60 bits per heavy atom. The largest absolute Gasteiger partial charge is 0.442 e. The Bertz CT molecular complexity index is 122. The molecule has 6 heteroatoms. The molecule has 10 heavy (non-hydrogen) atoms. The van der Waals surface area contributed by atoms with Crippen molar-refractivity contribution in [2.45, 2.75) is 12.6 Å². The molecule has 0 aliphatic carbocycles. The summed E-state index contributed by atoms with van der Waals surface area (Å²) in [6, 6.07) is 0. The van der Waals surface area contributed by atoms with Crippen LogP contribution in [0.3, 0.4) is 0 Å². The first-order chi connectivity index (χ1) is 4.42. The Hall–Kier alpha value is -0.940. The molecule has 0 fully saturated rings. The van der Waals surface area contributed by atoms with Gasteiger partial charge in [0.05, 0.1) is 6.42 Å². The predicted octanol–water partition coefficient (Wildman–Crippen LogP) is 1.20. The molecule has 0 aromatic rings. The zero-order valence-corrected chi connectivity index (χ0v) is 4.81. The number of carbonyl (C=O) groups is 1. The summed E-state index contributed by atoms with van der Waals surface area (Å²) in [4.78, 5) is 9.69. The Morgan fingerprint density at radius 3 is 2.40 bits per heavy atom. The second kappa shape index (κ2) is 3.28. The van der Waals surface area contributed by atoms with Gasteiger partial charge in [-0.1, -0.05) is 0 Å². The first-order valence-electron chi connectivity index (χ1n) is 2.26. The van der Waals surface area contributed by atoms with Crippen LogP contribution in [0, 0.1) is 6.61 Å². The van der Waals surface area contributed by atoms with Gasteiger partial charge in [-0.2, -0.15) is 13.2 Å². The van der Waals surface area contributed by atoms with Crippen LogP contribution in [0.5, 0.6) is 0 Å². The fourth-order valence-corrected chi connectivity index (χ4v) is 0.218. The second-order valence-electron chi connectivity index (χ2n) is 1.42. The minimum absolute atomic E-state index is 0.308. The molecule has 0 aromatic heterocycles. The first kappa shape index (κ1) is 9.06. The fraction of sp³-hybridized carbons (Fsp3) is 0.500. The average molecular weight is 156 g/mol. The van der Waals surface area contributed by atoms with Gasteiger partial charge in [0.1, 0.15) is 6.61 Å². The van der Waals surface area contributed by atoms with Crippen LogP contribution >= 0.6 is 0 Å². The van der Waals surface area contributed by atoms with Crippen molar-refractivity contribution in [3.05, 3.63) is 6.61 Å². The van der Waals surface area contributed by atoms with Crippen molar-refractivity contribution in [1.29, 1.82) is 0 Å². The van der Waals surface area contributed by atoms with Gasteiger partial charge in [0.2, 0.25) is 0 Å². The highest BCUT2D eigenvalue weighted by Gasteiger charge is 2.27. The standard InChI is InChI=1S/C4H5F3NO2/c5-4(6,7)1-2-10-3(8)9/h2H,1H2,(H2,8,9). The van der Waals surface area contributed by atoms with Crippen LogP contribution in [0.1, 0.15) is 6.42 Å². The molecule has 0 rings (SSSR count). The molecule has 0 aliphatic heterocycles. The van der Waals surface area contributed by atoms with Crippen LogP contribution in [0.15, 0.2) is 0 Å². The smallest absolute Gasteiger partial charge is 0.404 e. The number of hydrogen-bond donors (Lipinski definition) is 1. The molecule has 0 saturated heterocycles. The van der Waals surface area contributed by atoms with Gasteiger partial charge >= 0.3 is 12.3 Å². The normalized spacial score (nSPS) is 11.1. The lowest BCUT2D eigenvalue weighted by atomic mass is 10.4. The second-order valence-corrected chi connectivity index (χ2v) is 1.42. The summed E-state index contributed by atoms with van der Waals surface area (Å²) in [6.07, 6.45) is -6.88. The van der Waals surface area contributed by atoms with Crippen LogP contribution in [-0.4, -0.2) is 12.3 Å². The van der Waals surface area contributed by atoms with E-state index in [1.165, 1.54) is 0 Å². The van der Waals surface area contributed by atoms with E-state index in [0.717, 1.165) is 0 Å². The van der Waals surface area contributed by atoms with Gasteiger partial charge < -0.3 is 10.5 Å². The Morgan fingerprint density at radius 2 is 2.10 bits per heavy atom. The number of hydrogen-bond acceptors (Lipinski definition) is 2. The van der Waals surface area contributed by atoms with E-state index in [-0.39, 0.29) is 0 Å². The van der Waals surface area contributed by atoms with Crippen molar-refractivity contribution < 1.29 is 22.7 Å². The van der Waals surface area contributed by atoms with E-state index >= 15 is 0 Å². The van der Waals surface area contributed by atoms with Crippen molar-refractivity contribution in [2.75, 3.05) is 0 Å². The van der Waals surface area contributed by atoms with Gasteiger partial charge in [-0.25, -0.2) is 4.79 Å². The molecule has 0 atom stereocenters. The van der Waals surface area contributed by atoms with Crippen LogP contribution < -0.4 is 5.73 Å². The number of rotatable bonds is 2. The highest BCUT2D eigenvalue weighted by Crippen LogP contribution is 2.20. The molecule has 0 bridgehead atoms. The van der Waals surface area contributed by atoms with E-state index in [2.05, 4.69) is 10.5 Å². The van der Waals surface area contributed by atoms with E-state index < -0.39 is 18.7 Å². The van der Waals surface area contributed by atoms with Crippen molar-refractivity contribution in [3.63, 3.8) is 0 Å².